The fourth-order valence-electron chi connectivity index (χ4n) is 3.83. The number of anilines is 1. The zero-order chi connectivity index (χ0) is 21.5. The molecular weight excluding hydrogens is 399 g/mol. The molecule has 30 heavy (non-hydrogen) atoms. The number of benzene rings is 3. The maximum absolute atomic E-state index is 13.1. The summed E-state index contributed by atoms with van der Waals surface area (Å²) >= 11 is 0. The lowest BCUT2D eigenvalue weighted by atomic mass is 10.1. The fraction of sp³-hybridized carbons (Fsp3) is 0.174. The Morgan fingerprint density at radius 3 is 2.33 bits per heavy atom. The number of rotatable bonds is 5. The van der Waals surface area contributed by atoms with Crippen molar-refractivity contribution in [3.63, 3.8) is 0 Å². The molecule has 6 nitrogen and oxygen atoms in total. The second-order valence-electron chi connectivity index (χ2n) is 7.65. The lowest BCUT2D eigenvalue weighted by Gasteiger charge is -2.18. The van der Waals surface area contributed by atoms with Gasteiger partial charge in [0.2, 0.25) is 5.91 Å². The van der Waals surface area contributed by atoms with Crippen molar-refractivity contribution in [3.05, 3.63) is 78.5 Å². The van der Waals surface area contributed by atoms with E-state index >= 15 is 0 Å². The summed E-state index contributed by atoms with van der Waals surface area (Å²) in [5.41, 5.74) is 0.0454. The minimum absolute atomic E-state index is 0.0737. The maximum Gasteiger partial charge on any atom is 0.342 e. The molecule has 0 spiro atoms. The molecule has 0 aliphatic heterocycles. The van der Waals surface area contributed by atoms with Crippen molar-refractivity contribution in [1.29, 1.82) is 0 Å². The van der Waals surface area contributed by atoms with Gasteiger partial charge >= 0.3 is 7.60 Å². The Morgan fingerprint density at radius 1 is 0.967 bits per heavy atom. The van der Waals surface area contributed by atoms with Gasteiger partial charge in [-0.25, -0.2) is 0 Å². The van der Waals surface area contributed by atoms with E-state index in [-0.39, 0.29) is 6.04 Å². The second kappa shape index (κ2) is 7.73. The third-order valence-electron chi connectivity index (χ3n) is 5.22. The fourth-order valence-corrected chi connectivity index (χ4v) is 4.77. The predicted octanol–water partition coefficient (Wildman–Crippen LogP) is 5.23. The summed E-state index contributed by atoms with van der Waals surface area (Å²) < 4.78 is 14.4. The third-order valence-corrected chi connectivity index (χ3v) is 6.41. The van der Waals surface area contributed by atoms with Crippen molar-refractivity contribution >= 4 is 40.9 Å². The largest absolute Gasteiger partial charge is 0.345 e. The molecule has 4 rings (SSSR count). The smallest absolute Gasteiger partial charge is 0.342 e. The number of para-hydroxylation sites is 1. The zero-order valence-corrected chi connectivity index (χ0v) is 17.6. The van der Waals surface area contributed by atoms with Crippen LogP contribution in [0.4, 0.5) is 5.69 Å². The molecule has 0 aliphatic carbocycles. The molecule has 0 saturated carbocycles. The number of hydrogen-bond acceptors (Lipinski definition) is 2. The topological polar surface area (TPSA) is 91.6 Å². The van der Waals surface area contributed by atoms with E-state index in [1.54, 1.807) is 30.5 Å². The molecule has 1 unspecified atom stereocenters. The molecular formula is C23H23N2O4P. The van der Waals surface area contributed by atoms with Gasteiger partial charge in [-0.1, -0.05) is 48.5 Å². The Balaban J connectivity index is 1.77. The van der Waals surface area contributed by atoms with Crippen molar-refractivity contribution < 1.29 is 19.1 Å². The summed E-state index contributed by atoms with van der Waals surface area (Å²) in [5.74, 6) is -0.731. The molecule has 0 radical (unpaired) electrons. The van der Waals surface area contributed by atoms with Crippen molar-refractivity contribution in [2.45, 2.75) is 25.5 Å². The van der Waals surface area contributed by atoms with Gasteiger partial charge in [0.15, 0.2) is 5.66 Å². The van der Waals surface area contributed by atoms with Gasteiger partial charge in [-0.2, -0.15) is 0 Å². The first-order valence-corrected chi connectivity index (χ1v) is 11.4. The average Bonchev–Trinajstić information content (AvgIpc) is 3.06. The number of carbonyl (C=O) groups excluding carboxylic acids is 1. The molecule has 154 valence electrons. The van der Waals surface area contributed by atoms with Crippen LogP contribution in [0.25, 0.3) is 21.7 Å². The summed E-state index contributed by atoms with van der Waals surface area (Å²) in [6.45, 7) is 3.97. The number of nitrogens with one attached hydrogen (secondary N) is 1. The van der Waals surface area contributed by atoms with Crippen LogP contribution in [-0.4, -0.2) is 20.3 Å². The second-order valence-corrected chi connectivity index (χ2v) is 9.34. The third kappa shape index (κ3) is 3.77. The highest BCUT2D eigenvalue weighted by molar-refractivity contribution is 7.53. The summed E-state index contributed by atoms with van der Waals surface area (Å²) in [4.78, 5) is 33.3. The first kappa shape index (κ1) is 20.4. The van der Waals surface area contributed by atoms with Gasteiger partial charge in [-0.3, -0.25) is 9.36 Å². The highest BCUT2D eigenvalue weighted by atomic mass is 31.2. The summed E-state index contributed by atoms with van der Waals surface area (Å²) in [6, 6.07) is 20.5. The first-order chi connectivity index (χ1) is 14.3. The quantitative estimate of drug-likeness (QED) is 0.384. The van der Waals surface area contributed by atoms with E-state index in [4.69, 9.17) is 0 Å². The molecule has 0 saturated heterocycles. The van der Waals surface area contributed by atoms with Gasteiger partial charge in [-0.05, 0) is 42.8 Å². The molecule has 0 bridgehead atoms. The van der Waals surface area contributed by atoms with E-state index in [9.17, 15) is 19.1 Å². The SMILES string of the molecule is CC(C)n1cc(C(C(=O)Nc2ccc3ccccc3c2)P(=O)(O)O)c2ccccc21. The van der Waals surface area contributed by atoms with E-state index < -0.39 is 19.2 Å². The van der Waals surface area contributed by atoms with Crippen LogP contribution in [0.5, 0.6) is 0 Å². The molecule has 4 aromatic rings. The number of hydrogen-bond donors (Lipinski definition) is 3. The highest BCUT2D eigenvalue weighted by Crippen LogP contribution is 2.54. The van der Waals surface area contributed by atoms with Crippen LogP contribution in [0.15, 0.2) is 72.9 Å². The highest BCUT2D eigenvalue weighted by Gasteiger charge is 2.39. The van der Waals surface area contributed by atoms with E-state index in [1.807, 2.05) is 60.9 Å². The number of fused-ring (bicyclic) bond motifs is 2. The minimum Gasteiger partial charge on any atom is -0.345 e. The van der Waals surface area contributed by atoms with Gasteiger partial charge < -0.3 is 19.7 Å². The van der Waals surface area contributed by atoms with Crippen LogP contribution >= 0.6 is 7.60 Å². The number of nitrogens with zero attached hydrogens (tertiary/aromatic N) is 1. The van der Waals surface area contributed by atoms with E-state index in [2.05, 4.69) is 5.32 Å². The molecule has 7 heteroatoms. The lowest BCUT2D eigenvalue weighted by molar-refractivity contribution is -0.116. The Kier molecular flexibility index (Phi) is 5.24. The number of amides is 1. The minimum atomic E-state index is -4.79. The van der Waals surface area contributed by atoms with Crippen molar-refractivity contribution in [2.75, 3.05) is 5.32 Å². The number of aromatic nitrogens is 1. The van der Waals surface area contributed by atoms with Crippen LogP contribution in [0.3, 0.4) is 0 Å². The van der Waals surface area contributed by atoms with Crippen LogP contribution in [0.2, 0.25) is 0 Å². The van der Waals surface area contributed by atoms with Gasteiger partial charge in [0.25, 0.3) is 0 Å². The monoisotopic (exact) mass is 422 g/mol. The average molecular weight is 422 g/mol. The molecule has 3 N–H and O–H groups in total. The van der Waals surface area contributed by atoms with Crippen LogP contribution in [-0.2, 0) is 9.36 Å². The van der Waals surface area contributed by atoms with E-state index in [1.165, 1.54) is 0 Å². The van der Waals surface area contributed by atoms with Crippen LogP contribution in [0, 0.1) is 0 Å². The zero-order valence-electron chi connectivity index (χ0n) is 16.7. The molecule has 1 heterocycles. The predicted molar refractivity (Wildman–Crippen MR) is 120 cm³/mol. The van der Waals surface area contributed by atoms with Gasteiger partial charge in [0.05, 0.1) is 0 Å². The standard InChI is InChI=1S/C23H23N2O4P/c1-15(2)25-14-20(19-9-5-6-10-21(19)25)22(30(27,28)29)23(26)24-18-12-11-16-7-3-4-8-17(16)13-18/h3-15,22H,1-2H3,(H,24,26)(H2,27,28,29). The Morgan fingerprint density at radius 2 is 1.63 bits per heavy atom. The Labute approximate surface area is 174 Å². The van der Waals surface area contributed by atoms with Gasteiger partial charge in [-0.15, -0.1) is 0 Å². The molecule has 0 fully saturated rings. The Hall–Kier alpha value is -2.92. The summed E-state index contributed by atoms with van der Waals surface area (Å²) in [6.07, 6.45) is 1.68. The number of carbonyl (C=O) groups is 1. The molecule has 0 aliphatic rings. The molecule has 1 aromatic heterocycles. The van der Waals surface area contributed by atoms with Gasteiger partial charge in [0, 0.05) is 34.4 Å². The van der Waals surface area contributed by atoms with E-state index in [0.717, 1.165) is 16.3 Å². The maximum atomic E-state index is 13.1. The van der Waals surface area contributed by atoms with Crippen molar-refractivity contribution in [3.8, 4) is 0 Å². The first-order valence-electron chi connectivity index (χ1n) is 9.70. The molecule has 1 amide bonds. The summed E-state index contributed by atoms with van der Waals surface area (Å²) in [5, 5.41) is 5.31. The molecule has 1 atom stereocenters. The van der Waals surface area contributed by atoms with Crippen LogP contribution in [0.1, 0.15) is 31.1 Å². The molecule has 3 aromatic carbocycles. The van der Waals surface area contributed by atoms with Crippen molar-refractivity contribution in [1.82, 2.24) is 4.57 Å². The normalized spacial score (nSPS) is 13.1. The summed E-state index contributed by atoms with van der Waals surface area (Å²) in [7, 11) is -4.79. The Bertz CT molecular complexity index is 1290. The van der Waals surface area contributed by atoms with E-state index in [0.29, 0.717) is 16.6 Å². The van der Waals surface area contributed by atoms with Gasteiger partial charge in [0.1, 0.15) is 0 Å². The lowest BCUT2D eigenvalue weighted by Crippen LogP contribution is -2.21. The van der Waals surface area contributed by atoms with Crippen LogP contribution < -0.4 is 5.32 Å². The van der Waals surface area contributed by atoms with Crippen molar-refractivity contribution in [2.24, 2.45) is 0 Å².